The summed E-state index contributed by atoms with van der Waals surface area (Å²) < 4.78 is 1.76. The van der Waals surface area contributed by atoms with Crippen LogP contribution in [0, 0.1) is 0 Å². The van der Waals surface area contributed by atoms with Crippen molar-refractivity contribution in [3.63, 3.8) is 0 Å². The van der Waals surface area contributed by atoms with Gasteiger partial charge < -0.3 is 5.32 Å². The Morgan fingerprint density at radius 2 is 1.88 bits per heavy atom. The lowest BCUT2D eigenvalue weighted by Gasteiger charge is -2.13. The van der Waals surface area contributed by atoms with E-state index in [9.17, 15) is 4.79 Å². The number of hydrogen-bond acceptors (Lipinski definition) is 3. The van der Waals surface area contributed by atoms with E-state index >= 15 is 0 Å². The van der Waals surface area contributed by atoms with Gasteiger partial charge in [0.25, 0.3) is 0 Å². The Balaban J connectivity index is 1.64. The maximum Gasteiger partial charge on any atom is 0.238 e. The highest BCUT2D eigenvalue weighted by Crippen LogP contribution is 2.24. The quantitative estimate of drug-likeness (QED) is 0.638. The van der Waals surface area contributed by atoms with E-state index in [0.717, 1.165) is 10.5 Å². The second-order valence-corrected chi connectivity index (χ2v) is 7.41. The second kappa shape index (κ2) is 8.23. The van der Waals surface area contributed by atoms with Gasteiger partial charge in [0.05, 0.1) is 18.0 Å². The molecule has 1 heterocycles. The van der Waals surface area contributed by atoms with Crippen LogP contribution in [-0.4, -0.2) is 20.9 Å². The molecule has 1 N–H and O–H groups in total. The fraction of sp³-hybridized carbons (Fsp3) is 0.158. The largest absolute Gasteiger partial charge is 0.310 e. The van der Waals surface area contributed by atoms with Crippen molar-refractivity contribution in [2.75, 3.05) is 5.32 Å². The summed E-state index contributed by atoms with van der Waals surface area (Å²) in [6, 6.07) is 19.3. The highest BCUT2D eigenvalue weighted by atomic mass is 35.5. The fourth-order valence-corrected chi connectivity index (χ4v) is 3.33. The van der Waals surface area contributed by atoms with Crippen LogP contribution in [0.4, 0.5) is 5.82 Å². The molecule has 6 heteroatoms. The normalized spacial score (nSPS) is 11.9. The van der Waals surface area contributed by atoms with E-state index < -0.39 is 0 Å². The molecular formula is C19H18ClN3OS. The van der Waals surface area contributed by atoms with Gasteiger partial charge in [-0.2, -0.15) is 5.10 Å². The van der Waals surface area contributed by atoms with Crippen LogP contribution in [0.25, 0.3) is 0 Å². The van der Waals surface area contributed by atoms with Gasteiger partial charge >= 0.3 is 0 Å². The molecular weight excluding hydrogens is 354 g/mol. The van der Waals surface area contributed by atoms with Crippen LogP contribution >= 0.6 is 23.4 Å². The number of benzene rings is 2. The van der Waals surface area contributed by atoms with E-state index in [4.69, 9.17) is 11.6 Å². The third-order valence-corrected chi connectivity index (χ3v) is 5.00. The maximum atomic E-state index is 12.5. The average molecular weight is 372 g/mol. The molecule has 128 valence electrons. The number of rotatable bonds is 6. The van der Waals surface area contributed by atoms with Gasteiger partial charge in [0.15, 0.2) is 0 Å². The summed E-state index contributed by atoms with van der Waals surface area (Å²) >= 11 is 7.44. The number of nitrogens with one attached hydrogen (secondary N) is 1. The highest BCUT2D eigenvalue weighted by molar-refractivity contribution is 8.00. The van der Waals surface area contributed by atoms with Crippen LogP contribution < -0.4 is 5.32 Å². The molecule has 3 aromatic rings. The maximum absolute atomic E-state index is 12.5. The number of carbonyl (C=O) groups is 1. The van der Waals surface area contributed by atoms with Crippen molar-refractivity contribution in [1.29, 1.82) is 0 Å². The number of hydrogen-bond donors (Lipinski definition) is 1. The molecule has 25 heavy (non-hydrogen) atoms. The van der Waals surface area contributed by atoms with Crippen molar-refractivity contribution in [3.8, 4) is 0 Å². The first-order valence-corrected chi connectivity index (χ1v) is 9.16. The highest BCUT2D eigenvalue weighted by Gasteiger charge is 2.16. The van der Waals surface area contributed by atoms with E-state index in [2.05, 4.69) is 10.4 Å². The van der Waals surface area contributed by atoms with Crippen LogP contribution in [0.15, 0.2) is 71.8 Å². The van der Waals surface area contributed by atoms with Gasteiger partial charge in [-0.15, -0.1) is 11.8 Å². The molecule has 0 bridgehead atoms. The minimum atomic E-state index is -0.207. The van der Waals surface area contributed by atoms with Gasteiger partial charge in [0.2, 0.25) is 5.91 Å². The lowest BCUT2D eigenvalue weighted by atomic mass is 10.2. The van der Waals surface area contributed by atoms with Crippen LogP contribution in [0.3, 0.4) is 0 Å². The summed E-state index contributed by atoms with van der Waals surface area (Å²) in [4.78, 5) is 13.5. The first kappa shape index (κ1) is 17.6. The zero-order valence-corrected chi connectivity index (χ0v) is 15.3. The first-order chi connectivity index (χ1) is 12.1. The monoisotopic (exact) mass is 371 g/mol. The average Bonchev–Trinajstić information content (AvgIpc) is 3.04. The van der Waals surface area contributed by atoms with Crippen molar-refractivity contribution in [3.05, 3.63) is 77.4 Å². The van der Waals surface area contributed by atoms with Crippen molar-refractivity contribution in [2.24, 2.45) is 0 Å². The number of nitrogens with zero attached hydrogens (tertiary/aromatic N) is 2. The van der Waals surface area contributed by atoms with E-state index in [-0.39, 0.29) is 11.2 Å². The smallest absolute Gasteiger partial charge is 0.238 e. The molecule has 1 amide bonds. The Hall–Kier alpha value is -2.24. The predicted molar refractivity (Wildman–Crippen MR) is 103 cm³/mol. The lowest BCUT2D eigenvalue weighted by molar-refractivity contribution is -0.115. The summed E-state index contributed by atoms with van der Waals surface area (Å²) in [6.07, 6.45) is 1.68. The van der Waals surface area contributed by atoms with Gasteiger partial charge in [0.1, 0.15) is 5.82 Å². The molecule has 0 saturated heterocycles. The van der Waals surface area contributed by atoms with Gasteiger partial charge in [-0.25, -0.2) is 4.68 Å². The van der Waals surface area contributed by atoms with Crippen molar-refractivity contribution < 1.29 is 4.79 Å². The molecule has 0 fully saturated rings. The van der Waals surface area contributed by atoms with Crippen molar-refractivity contribution in [1.82, 2.24) is 9.78 Å². The zero-order chi connectivity index (χ0) is 17.6. The fourth-order valence-electron chi connectivity index (χ4n) is 2.31. The van der Waals surface area contributed by atoms with Crippen molar-refractivity contribution >= 4 is 35.1 Å². The molecule has 0 aliphatic rings. The molecule has 1 aromatic heterocycles. The van der Waals surface area contributed by atoms with Gasteiger partial charge in [0, 0.05) is 16.0 Å². The Bertz CT molecular complexity index is 833. The number of aromatic nitrogens is 2. The Labute approximate surface area is 156 Å². The molecule has 0 aliphatic heterocycles. The molecule has 4 nitrogen and oxygen atoms in total. The number of carbonyl (C=O) groups excluding carboxylic acids is 1. The number of amides is 1. The van der Waals surface area contributed by atoms with Crippen LogP contribution in [0.1, 0.15) is 12.5 Å². The predicted octanol–water partition coefficient (Wildman–Crippen LogP) is 4.70. The molecule has 1 unspecified atom stereocenters. The molecule has 3 rings (SSSR count). The van der Waals surface area contributed by atoms with E-state index in [0.29, 0.717) is 17.4 Å². The standard InChI is InChI=1S/C19H18ClN3OS/c1-14(25-17-5-3-2-4-6-17)19(24)22-18-11-12-21-23(18)13-15-7-9-16(20)10-8-15/h2-12,14H,13H2,1H3,(H,22,24). The van der Waals surface area contributed by atoms with Crippen LogP contribution in [-0.2, 0) is 11.3 Å². The summed E-state index contributed by atoms with van der Waals surface area (Å²) in [5, 5.41) is 7.74. The Morgan fingerprint density at radius 3 is 2.60 bits per heavy atom. The summed E-state index contributed by atoms with van der Waals surface area (Å²) in [5.41, 5.74) is 1.07. The van der Waals surface area contributed by atoms with E-state index in [1.165, 1.54) is 11.8 Å². The molecule has 2 aromatic carbocycles. The SMILES string of the molecule is CC(Sc1ccccc1)C(=O)Nc1ccnn1Cc1ccc(Cl)cc1. The summed E-state index contributed by atoms with van der Waals surface area (Å²) in [7, 11) is 0. The second-order valence-electron chi connectivity index (χ2n) is 5.56. The number of anilines is 1. The van der Waals surface area contributed by atoms with Gasteiger partial charge in [-0.05, 0) is 36.8 Å². The minimum Gasteiger partial charge on any atom is -0.310 e. The van der Waals surface area contributed by atoms with Crippen molar-refractivity contribution in [2.45, 2.75) is 23.6 Å². The van der Waals surface area contributed by atoms with Gasteiger partial charge in [-0.3, -0.25) is 4.79 Å². The van der Waals surface area contributed by atoms with E-state index in [1.807, 2.05) is 61.5 Å². The third kappa shape index (κ3) is 4.87. The molecule has 0 saturated carbocycles. The van der Waals surface area contributed by atoms with Gasteiger partial charge in [-0.1, -0.05) is 41.9 Å². The molecule has 0 spiro atoms. The molecule has 0 aliphatic carbocycles. The topological polar surface area (TPSA) is 46.9 Å². The molecule has 1 atom stereocenters. The number of halogens is 1. The van der Waals surface area contributed by atoms with Crippen LogP contribution in [0.2, 0.25) is 5.02 Å². The summed E-state index contributed by atoms with van der Waals surface area (Å²) in [6.45, 7) is 2.47. The Kier molecular flexibility index (Phi) is 5.79. The number of thioether (sulfide) groups is 1. The minimum absolute atomic E-state index is 0.0493. The zero-order valence-electron chi connectivity index (χ0n) is 13.7. The summed E-state index contributed by atoms with van der Waals surface area (Å²) in [5.74, 6) is 0.632. The van der Waals surface area contributed by atoms with Crippen LogP contribution in [0.5, 0.6) is 0 Å². The lowest BCUT2D eigenvalue weighted by Crippen LogP contribution is -2.24. The van der Waals surface area contributed by atoms with E-state index in [1.54, 1.807) is 16.9 Å². The first-order valence-electron chi connectivity index (χ1n) is 7.90. The Morgan fingerprint density at radius 1 is 1.16 bits per heavy atom. The molecule has 0 radical (unpaired) electrons. The third-order valence-electron chi connectivity index (χ3n) is 3.64.